The monoisotopic (exact) mass is 482 g/mol. The summed E-state index contributed by atoms with van der Waals surface area (Å²) < 4.78 is 83.3. The predicted molar refractivity (Wildman–Crippen MR) is 100 cm³/mol. The van der Waals surface area contributed by atoms with E-state index in [0.717, 1.165) is 5.56 Å². The van der Waals surface area contributed by atoms with Crippen molar-refractivity contribution in [1.29, 1.82) is 0 Å². The van der Waals surface area contributed by atoms with Crippen LogP contribution >= 0.6 is 0 Å². The van der Waals surface area contributed by atoms with Crippen LogP contribution in [0.15, 0.2) is 30.3 Å². The molecule has 3 N–H and O–H groups in total. The molecule has 1 saturated heterocycles. The third-order valence-electron chi connectivity index (χ3n) is 4.26. The van der Waals surface area contributed by atoms with Crippen LogP contribution in [0.2, 0.25) is 0 Å². The van der Waals surface area contributed by atoms with Crippen LogP contribution < -0.4 is 10.6 Å². The molecule has 0 spiro atoms. The number of hydrogen-bond acceptors (Lipinski definition) is 5. The van der Waals surface area contributed by atoms with E-state index >= 15 is 0 Å². The van der Waals surface area contributed by atoms with E-state index in [1.54, 1.807) is 24.3 Å². The molecule has 0 aliphatic carbocycles. The van der Waals surface area contributed by atoms with E-state index in [9.17, 15) is 35.5 Å². The lowest BCUT2D eigenvalue weighted by Crippen LogP contribution is -2.55. The molecule has 0 radical (unpaired) electrons. The molecule has 1 fully saturated rings. The number of aliphatic carboxylic acids is 1. The maximum Gasteiger partial charge on any atom is 0.490 e. The average Bonchev–Trinajstić information content (AvgIpc) is 2.70. The number of nitrogens with one attached hydrogen (secondary N) is 2. The van der Waals surface area contributed by atoms with E-state index in [1.165, 1.54) is 13.0 Å². The summed E-state index contributed by atoms with van der Waals surface area (Å²) in [5.74, 6) is -4.88. The highest BCUT2D eigenvalue weighted by molar-refractivity contribution is 6.02. The van der Waals surface area contributed by atoms with Gasteiger partial charge in [0.15, 0.2) is 0 Å². The molecule has 1 aliphatic heterocycles. The first-order valence-corrected chi connectivity index (χ1v) is 9.17. The summed E-state index contributed by atoms with van der Waals surface area (Å²) in [7, 11) is 0. The summed E-state index contributed by atoms with van der Waals surface area (Å²) in [5.41, 5.74) is 0.969. The van der Waals surface area contributed by atoms with Crippen molar-refractivity contribution in [3.05, 3.63) is 53.1 Å². The van der Waals surface area contributed by atoms with E-state index < -0.39 is 36.2 Å². The van der Waals surface area contributed by atoms with Gasteiger partial charge in [0.1, 0.15) is 11.9 Å². The zero-order valence-corrected chi connectivity index (χ0v) is 16.8. The molecule has 1 aromatic carbocycles. The van der Waals surface area contributed by atoms with Crippen LogP contribution in [0.3, 0.4) is 0 Å². The third-order valence-corrected chi connectivity index (χ3v) is 4.26. The van der Waals surface area contributed by atoms with Crippen molar-refractivity contribution >= 4 is 17.6 Å². The minimum Gasteiger partial charge on any atom is -0.475 e. The molecule has 2 aromatic rings. The number of carbonyl (C=O) groups excluding carboxylic acids is 1. The predicted octanol–water partition coefficient (Wildman–Crippen LogP) is 3.54. The van der Waals surface area contributed by atoms with Gasteiger partial charge in [-0.05, 0) is 37.1 Å². The van der Waals surface area contributed by atoms with Gasteiger partial charge in [0.05, 0.1) is 0 Å². The van der Waals surface area contributed by atoms with Gasteiger partial charge in [-0.2, -0.15) is 26.3 Å². The van der Waals surface area contributed by atoms with Crippen LogP contribution in [0.5, 0.6) is 0 Å². The number of anilines is 1. The summed E-state index contributed by atoms with van der Waals surface area (Å²) in [4.78, 5) is 27.7. The van der Waals surface area contributed by atoms with E-state index in [4.69, 9.17) is 9.90 Å². The molecule has 0 saturated carbocycles. The smallest absolute Gasteiger partial charge is 0.475 e. The summed E-state index contributed by atoms with van der Waals surface area (Å²) in [6, 6.07) is 7.65. The van der Waals surface area contributed by atoms with Gasteiger partial charge in [-0.3, -0.25) is 4.79 Å². The molecule has 0 unspecified atom stereocenters. The first-order chi connectivity index (χ1) is 15.2. The average molecular weight is 482 g/mol. The summed E-state index contributed by atoms with van der Waals surface area (Å²) >= 11 is 0. The van der Waals surface area contributed by atoms with Crippen molar-refractivity contribution in [2.45, 2.75) is 37.9 Å². The van der Waals surface area contributed by atoms with Crippen molar-refractivity contribution in [2.24, 2.45) is 0 Å². The highest BCUT2D eigenvalue weighted by atomic mass is 19.4. The molecule has 2 atom stereocenters. The number of carboxylic acid groups (broad SMARTS) is 1. The van der Waals surface area contributed by atoms with Gasteiger partial charge in [0.25, 0.3) is 5.91 Å². The Morgan fingerprint density at radius 2 is 1.70 bits per heavy atom. The van der Waals surface area contributed by atoms with Gasteiger partial charge in [0, 0.05) is 24.0 Å². The molecule has 7 nitrogen and oxygen atoms in total. The first kappa shape index (κ1) is 26.0. The molecular weight excluding hydrogens is 465 g/mol. The van der Waals surface area contributed by atoms with Gasteiger partial charge < -0.3 is 15.7 Å². The fraction of sp³-hybridized carbons (Fsp3) is 0.368. The normalized spacial score (nSPS) is 17.9. The Balaban J connectivity index is 0.000000479. The van der Waals surface area contributed by atoms with Gasteiger partial charge in [0.2, 0.25) is 5.82 Å². The maximum absolute atomic E-state index is 13.2. The van der Waals surface area contributed by atoms with Gasteiger partial charge in [-0.25, -0.2) is 19.2 Å². The van der Waals surface area contributed by atoms with Crippen LogP contribution in [-0.2, 0) is 17.4 Å². The van der Waals surface area contributed by atoms with E-state index in [0.29, 0.717) is 18.7 Å². The van der Waals surface area contributed by atoms with Crippen molar-refractivity contribution in [3.63, 3.8) is 0 Å². The lowest BCUT2D eigenvalue weighted by molar-refractivity contribution is -0.192. The third kappa shape index (κ3) is 7.66. The SMILES string of the molecule is Cc1cc(C(=O)Nc2ccc(C[C@@H]3NC[C@@H]3F)cc2)nc(C(F)(F)F)n1.O=C(O)C(F)(F)F. The molecule has 1 amide bonds. The van der Waals surface area contributed by atoms with Gasteiger partial charge in [-0.15, -0.1) is 0 Å². The molecule has 33 heavy (non-hydrogen) atoms. The number of aromatic nitrogens is 2. The van der Waals surface area contributed by atoms with Crippen LogP contribution in [0.4, 0.5) is 36.4 Å². The van der Waals surface area contributed by atoms with Gasteiger partial charge >= 0.3 is 18.3 Å². The van der Waals surface area contributed by atoms with Crippen molar-refractivity contribution < 1.29 is 45.4 Å². The Hall–Kier alpha value is -3.29. The van der Waals surface area contributed by atoms with Crippen molar-refractivity contribution in [1.82, 2.24) is 15.3 Å². The minimum absolute atomic E-state index is 0.0431. The number of halogens is 7. The quantitative estimate of drug-likeness (QED) is 0.576. The second-order valence-corrected chi connectivity index (χ2v) is 6.90. The maximum atomic E-state index is 13.2. The van der Waals surface area contributed by atoms with E-state index in [-0.39, 0.29) is 17.4 Å². The van der Waals surface area contributed by atoms with E-state index in [1.807, 2.05) is 0 Å². The largest absolute Gasteiger partial charge is 0.490 e. The van der Waals surface area contributed by atoms with E-state index in [2.05, 4.69) is 20.6 Å². The number of hydrogen-bond donors (Lipinski definition) is 3. The van der Waals surface area contributed by atoms with Gasteiger partial charge in [-0.1, -0.05) is 12.1 Å². The fourth-order valence-electron chi connectivity index (χ4n) is 2.56. The Bertz CT molecular complexity index is 994. The highest BCUT2D eigenvalue weighted by Crippen LogP contribution is 2.26. The topological polar surface area (TPSA) is 104 Å². The van der Waals surface area contributed by atoms with Crippen LogP contribution in [0.1, 0.15) is 27.6 Å². The second-order valence-electron chi connectivity index (χ2n) is 6.90. The number of aryl methyl sites for hydroxylation is 1. The molecule has 180 valence electrons. The Labute approximate surface area is 182 Å². The number of alkyl halides is 7. The summed E-state index contributed by atoms with van der Waals surface area (Å²) in [6.45, 7) is 1.71. The Kier molecular flexibility index (Phi) is 7.95. The first-order valence-electron chi connectivity index (χ1n) is 9.17. The minimum atomic E-state index is -5.08. The number of nitrogens with zero attached hydrogens (tertiary/aromatic N) is 2. The summed E-state index contributed by atoms with van der Waals surface area (Å²) in [6.07, 6.45) is -10.2. The lowest BCUT2D eigenvalue weighted by Gasteiger charge is -2.32. The van der Waals surface area contributed by atoms with Crippen LogP contribution in [0, 0.1) is 6.92 Å². The number of benzene rings is 1. The number of rotatable bonds is 4. The number of carboxylic acids is 1. The van der Waals surface area contributed by atoms with Crippen molar-refractivity contribution in [3.8, 4) is 0 Å². The highest BCUT2D eigenvalue weighted by Gasteiger charge is 2.38. The fourth-order valence-corrected chi connectivity index (χ4v) is 2.56. The molecule has 1 aliphatic rings. The zero-order chi connectivity index (χ0) is 25.0. The zero-order valence-electron chi connectivity index (χ0n) is 16.8. The van der Waals surface area contributed by atoms with Crippen LogP contribution in [0.25, 0.3) is 0 Å². The summed E-state index contributed by atoms with van der Waals surface area (Å²) in [5, 5.41) is 12.6. The molecule has 1 aromatic heterocycles. The van der Waals surface area contributed by atoms with Crippen molar-refractivity contribution in [2.75, 3.05) is 11.9 Å². The Morgan fingerprint density at radius 1 is 1.12 bits per heavy atom. The Morgan fingerprint density at radius 3 is 2.12 bits per heavy atom. The molecule has 2 heterocycles. The number of carbonyl (C=O) groups is 2. The van der Waals surface area contributed by atoms with Crippen LogP contribution in [-0.4, -0.2) is 51.9 Å². The molecule has 3 rings (SSSR count). The molecular formula is C19H17F7N4O3. The molecule has 0 bridgehead atoms. The second kappa shape index (κ2) is 10.1. The number of amides is 1. The molecule has 14 heteroatoms. The standard InChI is InChI=1S/C17H16F4N4O.C2HF3O2/c1-9-6-14(25-16(23-9)17(19,20)21)15(26)24-11-4-2-10(3-5-11)7-13-12(18)8-22-13;3-2(4,5)1(6)7/h2-6,12-13,22H,7-8H2,1H3,(H,24,26);(H,6,7)/t12-,13-;/m0./s1. The lowest BCUT2D eigenvalue weighted by atomic mass is 9.96.